The van der Waals surface area contributed by atoms with Crippen LogP contribution in [0, 0.1) is 11.3 Å². The summed E-state index contributed by atoms with van der Waals surface area (Å²) in [6.07, 6.45) is 4.72. The standard InChI is InChI=1S/C13H19NO4/c1-11(15)18-13(6-3-2-4-7-13)10-12(16)17-9-5-8-14/h2-7,9-10H2,1H3. The lowest BCUT2D eigenvalue weighted by Crippen LogP contribution is -2.39. The molecule has 1 saturated carbocycles. The van der Waals surface area contributed by atoms with Crippen LogP contribution in [0.5, 0.6) is 0 Å². The summed E-state index contributed by atoms with van der Waals surface area (Å²) in [5.74, 6) is -0.755. The zero-order valence-corrected chi connectivity index (χ0v) is 10.7. The molecule has 1 aliphatic rings. The fraction of sp³-hybridized carbons (Fsp3) is 0.769. The lowest BCUT2D eigenvalue weighted by molar-refractivity contribution is -0.168. The van der Waals surface area contributed by atoms with Crippen LogP contribution >= 0.6 is 0 Å². The normalized spacial score (nSPS) is 17.6. The summed E-state index contributed by atoms with van der Waals surface area (Å²) in [6.45, 7) is 1.46. The molecule has 18 heavy (non-hydrogen) atoms. The van der Waals surface area contributed by atoms with E-state index in [9.17, 15) is 9.59 Å². The van der Waals surface area contributed by atoms with Gasteiger partial charge in [0.25, 0.3) is 0 Å². The van der Waals surface area contributed by atoms with Gasteiger partial charge in [0.05, 0.1) is 18.9 Å². The molecule has 5 heteroatoms. The second-order valence-corrected chi connectivity index (χ2v) is 4.64. The van der Waals surface area contributed by atoms with Gasteiger partial charge >= 0.3 is 11.9 Å². The van der Waals surface area contributed by atoms with Crippen molar-refractivity contribution in [2.75, 3.05) is 6.61 Å². The lowest BCUT2D eigenvalue weighted by atomic mass is 9.82. The highest BCUT2D eigenvalue weighted by Gasteiger charge is 2.37. The van der Waals surface area contributed by atoms with E-state index in [1.54, 1.807) is 0 Å². The molecule has 1 aliphatic carbocycles. The topological polar surface area (TPSA) is 76.4 Å². The Morgan fingerprint density at radius 1 is 1.28 bits per heavy atom. The molecule has 0 unspecified atom stereocenters. The molecular weight excluding hydrogens is 234 g/mol. The number of carbonyl (C=O) groups excluding carboxylic acids is 2. The summed E-state index contributed by atoms with van der Waals surface area (Å²) in [7, 11) is 0. The third-order valence-electron chi connectivity index (χ3n) is 3.07. The molecule has 0 atom stereocenters. The minimum atomic E-state index is -0.687. The molecule has 0 aromatic rings. The molecule has 1 fully saturated rings. The van der Waals surface area contributed by atoms with Crippen LogP contribution in [0.1, 0.15) is 51.9 Å². The molecule has 0 aromatic heterocycles. The molecule has 0 aromatic carbocycles. The average molecular weight is 253 g/mol. The van der Waals surface area contributed by atoms with Gasteiger partial charge in [-0.15, -0.1) is 0 Å². The van der Waals surface area contributed by atoms with E-state index in [1.165, 1.54) is 6.92 Å². The predicted molar refractivity (Wildman–Crippen MR) is 63.4 cm³/mol. The first-order valence-corrected chi connectivity index (χ1v) is 6.30. The number of hydrogen-bond donors (Lipinski definition) is 0. The van der Waals surface area contributed by atoms with Crippen LogP contribution in [-0.2, 0) is 19.1 Å². The molecule has 5 nitrogen and oxygen atoms in total. The zero-order valence-electron chi connectivity index (χ0n) is 10.7. The molecule has 0 bridgehead atoms. The Bertz CT molecular complexity index is 339. The van der Waals surface area contributed by atoms with Crippen molar-refractivity contribution >= 4 is 11.9 Å². The number of esters is 2. The molecule has 0 radical (unpaired) electrons. The molecule has 100 valence electrons. The third-order valence-corrected chi connectivity index (χ3v) is 3.07. The Morgan fingerprint density at radius 2 is 1.94 bits per heavy atom. The van der Waals surface area contributed by atoms with Crippen molar-refractivity contribution in [3.63, 3.8) is 0 Å². The minimum Gasteiger partial charge on any atom is -0.464 e. The second-order valence-electron chi connectivity index (χ2n) is 4.64. The molecular formula is C13H19NO4. The Labute approximate surface area is 107 Å². The van der Waals surface area contributed by atoms with Gasteiger partial charge in [0, 0.05) is 6.92 Å². The number of nitrogens with zero attached hydrogens (tertiary/aromatic N) is 1. The highest BCUT2D eigenvalue weighted by molar-refractivity contribution is 5.72. The van der Waals surface area contributed by atoms with Crippen molar-refractivity contribution < 1.29 is 19.1 Å². The quantitative estimate of drug-likeness (QED) is 0.554. The fourth-order valence-electron chi connectivity index (χ4n) is 2.34. The maximum atomic E-state index is 11.6. The molecule has 0 saturated heterocycles. The fourth-order valence-corrected chi connectivity index (χ4v) is 2.34. The van der Waals surface area contributed by atoms with Crippen LogP contribution in [0.4, 0.5) is 0 Å². The van der Waals surface area contributed by atoms with E-state index in [1.807, 2.05) is 6.07 Å². The SMILES string of the molecule is CC(=O)OC1(CC(=O)OCCC#N)CCCCC1. The number of hydrogen-bond acceptors (Lipinski definition) is 5. The van der Waals surface area contributed by atoms with E-state index >= 15 is 0 Å². The number of rotatable bonds is 5. The van der Waals surface area contributed by atoms with Gasteiger partial charge < -0.3 is 9.47 Å². The van der Waals surface area contributed by atoms with E-state index in [4.69, 9.17) is 14.7 Å². The van der Waals surface area contributed by atoms with Crippen molar-refractivity contribution in [3.05, 3.63) is 0 Å². The van der Waals surface area contributed by atoms with Gasteiger partial charge in [0.2, 0.25) is 0 Å². The predicted octanol–water partition coefficient (Wildman–Crippen LogP) is 2.10. The van der Waals surface area contributed by atoms with Gasteiger partial charge in [-0.3, -0.25) is 9.59 Å². The van der Waals surface area contributed by atoms with Crippen LogP contribution in [0.3, 0.4) is 0 Å². The number of nitriles is 1. The van der Waals surface area contributed by atoms with Crippen LogP contribution < -0.4 is 0 Å². The van der Waals surface area contributed by atoms with Crippen molar-refractivity contribution in [3.8, 4) is 6.07 Å². The Morgan fingerprint density at radius 3 is 2.50 bits per heavy atom. The van der Waals surface area contributed by atoms with Crippen LogP contribution in [0.2, 0.25) is 0 Å². The van der Waals surface area contributed by atoms with E-state index < -0.39 is 11.6 Å². The van der Waals surface area contributed by atoms with Crippen LogP contribution in [0.15, 0.2) is 0 Å². The summed E-state index contributed by atoms with van der Waals surface area (Å²) in [6, 6.07) is 1.91. The molecule has 0 amide bonds. The van der Waals surface area contributed by atoms with Gasteiger partial charge in [-0.05, 0) is 25.7 Å². The van der Waals surface area contributed by atoms with Crippen molar-refractivity contribution in [2.24, 2.45) is 0 Å². The number of ether oxygens (including phenoxy) is 2. The van der Waals surface area contributed by atoms with Crippen LogP contribution in [-0.4, -0.2) is 24.1 Å². The summed E-state index contributed by atoms with van der Waals surface area (Å²) in [5, 5.41) is 8.36. The largest absolute Gasteiger partial charge is 0.464 e. The van der Waals surface area contributed by atoms with Crippen LogP contribution in [0.25, 0.3) is 0 Å². The zero-order chi connectivity index (χ0) is 13.4. The first-order valence-electron chi connectivity index (χ1n) is 6.30. The highest BCUT2D eigenvalue weighted by Crippen LogP contribution is 2.35. The Kier molecular flexibility index (Phi) is 5.63. The maximum Gasteiger partial charge on any atom is 0.309 e. The Hall–Kier alpha value is -1.57. The van der Waals surface area contributed by atoms with Crippen molar-refractivity contribution in [1.82, 2.24) is 0 Å². The second kappa shape index (κ2) is 7.00. The maximum absolute atomic E-state index is 11.6. The first-order chi connectivity index (χ1) is 8.58. The van der Waals surface area contributed by atoms with E-state index in [2.05, 4.69) is 0 Å². The summed E-state index contributed by atoms with van der Waals surface area (Å²) < 4.78 is 10.3. The van der Waals surface area contributed by atoms with Gasteiger partial charge in [0.1, 0.15) is 12.2 Å². The van der Waals surface area contributed by atoms with Gasteiger partial charge in [-0.2, -0.15) is 5.26 Å². The van der Waals surface area contributed by atoms with E-state index in [0.29, 0.717) is 12.8 Å². The minimum absolute atomic E-state index is 0.0952. The smallest absolute Gasteiger partial charge is 0.309 e. The highest BCUT2D eigenvalue weighted by atomic mass is 16.6. The number of carbonyl (C=O) groups is 2. The van der Waals surface area contributed by atoms with E-state index in [-0.39, 0.29) is 25.4 Å². The average Bonchev–Trinajstić information content (AvgIpc) is 2.29. The molecule has 0 N–H and O–H groups in total. The monoisotopic (exact) mass is 253 g/mol. The molecule has 1 rings (SSSR count). The summed E-state index contributed by atoms with van der Waals surface area (Å²) in [4.78, 5) is 22.8. The first kappa shape index (κ1) is 14.5. The molecule has 0 aliphatic heterocycles. The van der Waals surface area contributed by atoms with Gasteiger partial charge in [-0.1, -0.05) is 6.42 Å². The summed E-state index contributed by atoms with van der Waals surface area (Å²) in [5.41, 5.74) is -0.687. The third kappa shape index (κ3) is 4.74. The Balaban J connectivity index is 2.52. The molecule has 0 heterocycles. The van der Waals surface area contributed by atoms with Crippen molar-refractivity contribution in [1.29, 1.82) is 5.26 Å². The van der Waals surface area contributed by atoms with Crippen molar-refractivity contribution in [2.45, 2.75) is 57.5 Å². The van der Waals surface area contributed by atoms with Gasteiger partial charge in [0.15, 0.2) is 0 Å². The van der Waals surface area contributed by atoms with Gasteiger partial charge in [-0.25, -0.2) is 0 Å². The summed E-state index contributed by atoms with van der Waals surface area (Å²) >= 11 is 0. The lowest BCUT2D eigenvalue weighted by Gasteiger charge is -2.35. The van der Waals surface area contributed by atoms with E-state index in [0.717, 1.165) is 19.3 Å². The molecule has 0 spiro atoms.